The summed E-state index contributed by atoms with van der Waals surface area (Å²) in [5.41, 5.74) is 5.46. The lowest BCUT2D eigenvalue weighted by Gasteiger charge is -2.41. The van der Waals surface area contributed by atoms with E-state index in [9.17, 15) is 0 Å². The van der Waals surface area contributed by atoms with Crippen molar-refractivity contribution in [3.05, 3.63) is 0 Å². The van der Waals surface area contributed by atoms with Gasteiger partial charge in [-0.05, 0) is 7.05 Å². The molecule has 1 spiro atoms. The highest BCUT2D eigenvalue weighted by molar-refractivity contribution is 5.73. The molecule has 0 radical (unpaired) electrons. The lowest BCUT2D eigenvalue weighted by atomic mass is 9.82. The number of aliphatic imine (C=N–C) groups is 1. The number of likely N-dealkylation sites (tertiary alicyclic amines) is 1. The highest BCUT2D eigenvalue weighted by Gasteiger charge is 2.45. The van der Waals surface area contributed by atoms with E-state index in [-0.39, 0.29) is 5.60 Å². The summed E-state index contributed by atoms with van der Waals surface area (Å²) in [6, 6.07) is 0.372. The monoisotopic (exact) mass is 183 g/mol. The molecule has 0 amide bonds. The van der Waals surface area contributed by atoms with Gasteiger partial charge in [-0.2, -0.15) is 0 Å². The fourth-order valence-corrected chi connectivity index (χ4v) is 2.22. The van der Waals surface area contributed by atoms with Crippen LogP contribution in [0.2, 0.25) is 0 Å². The Balaban J connectivity index is 2.08. The normalized spacial score (nSPS) is 40.5. The van der Waals surface area contributed by atoms with Crippen molar-refractivity contribution in [2.45, 2.75) is 18.9 Å². The van der Waals surface area contributed by atoms with Gasteiger partial charge in [0.05, 0.1) is 6.54 Å². The molecule has 4 nitrogen and oxygen atoms in total. The molecule has 4 heteroatoms. The van der Waals surface area contributed by atoms with Crippen LogP contribution in [0.3, 0.4) is 0 Å². The minimum absolute atomic E-state index is 0.0867. The zero-order valence-electron chi connectivity index (χ0n) is 8.29. The van der Waals surface area contributed by atoms with Gasteiger partial charge in [0.15, 0.2) is 0 Å². The van der Waals surface area contributed by atoms with Crippen LogP contribution in [0.4, 0.5) is 0 Å². The van der Waals surface area contributed by atoms with E-state index < -0.39 is 0 Å². The Morgan fingerprint density at radius 1 is 1.69 bits per heavy atom. The standard InChI is InChI=1S/C9H17N3O/c1-7-5-12(2)4-3-9(7)6-11-8(10)13-9/h7H,3-6H2,1-2H3,(H2,10,11). The zero-order chi connectivity index (χ0) is 9.47. The van der Waals surface area contributed by atoms with Gasteiger partial charge in [-0.3, -0.25) is 0 Å². The second-order valence-electron chi connectivity index (χ2n) is 4.23. The molecule has 1 fully saturated rings. The van der Waals surface area contributed by atoms with E-state index >= 15 is 0 Å². The summed E-state index contributed by atoms with van der Waals surface area (Å²) in [5, 5.41) is 0. The maximum atomic E-state index is 5.65. The van der Waals surface area contributed by atoms with Crippen molar-refractivity contribution in [2.75, 3.05) is 26.7 Å². The molecule has 0 saturated carbocycles. The molecule has 2 aliphatic rings. The highest BCUT2D eigenvalue weighted by Crippen LogP contribution is 2.34. The first-order valence-corrected chi connectivity index (χ1v) is 4.80. The average Bonchev–Trinajstić information content (AvgIpc) is 2.43. The van der Waals surface area contributed by atoms with E-state index in [1.165, 1.54) is 0 Å². The Labute approximate surface area is 78.8 Å². The van der Waals surface area contributed by atoms with Gasteiger partial charge in [0, 0.05) is 25.4 Å². The van der Waals surface area contributed by atoms with E-state index in [0.29, 0.717) is 11.9 Å². The Hall–Kier alpha value is -0.770. The van der Waals surface area contributed by atoms with Crippen molar-refractivity contribution in [1.29, 1.82) is 0 Å². The first kappa shape index (κ1) is 8.81. The molecule has 1 saturated heterocycles. The molecule has 2 unspecified atom stereocenters. The van der Waals surface area contributed by atoms with E-state index in [0.717, 1.165) is 26.1 Å². The van der Waals surface area contributed by atoms with E-state index in [1.807, 2.05) is 0 Å². The summed E-state index contributed by atoms with van der Waals surface area (Å²) in [6.07, 6.45) is 1.04. The van der Waals surface area contributed by atoms with Crippen LogP contribution in [0, 0.1) is 5.92 Å². The molecular formula is C9H17N3O. The molecule has 0 aromatic rings. The van der Waals surface area contributed by atoms with Crippen LogP contribution in [0.1, 0.15) is 13.3 Å². The molecule has 2 heterocycles. The van der Waals surface area contributed by atoms with Gasteiger partial charge in [-0.1, -0.05) is 6.92 Å². The van der Waals surface area contributed by atoms with Crippen molar-refractivity contribution in [1.82, 2.24) is 4.90 Å². The van der Waals surface area contributed by atoms with Crippen molar-refractivity contribution in [2.24, 2.45) is 16.6 Å². The third-order valence-corrected chi connectivity index (χ3v) is 3.21. The maximum Gasteiger partial charge on any atom is 0.282 e. The van der Waals surface area contributed by atoms with Crippen LogP contribution in [0.25, 0.3) is 0 Å². The van der Waals surface area contributed by atoms with Crippen LogP contribution in [-0.4, -0.2) is 43.2 Å². The summed E-state index contributed by atoms with van der Waals surface area (Å²) >= 11 is 0. The average molecular weight is 183 g/mol. The number of nitrogens with zero attached hydrogens (tertiary/aromatic N) is 2. The van der Waals surface area contributed by atoms with E-state index in [4.69, 9.17) is 10.5 Å². The minimum atomic E-state index is -0.0867. The van der Waals surface area contributed by atoms with Crippen molar-refractivity contribution in [3.63, 3.8) is 0 Å². The minimum Gasteiger partial charge on any atom is -0.456 e. The van der Waals surface area contributed by atoms with Crippen molar-refractivity contribution in [3.8, 4) is 0 Å². The number of amidine groups is 1. The number of rotatable bonds is 0. The summed E-state index contributed by atoms with van der Waals surface area (Å²) in [6.45, 7) is 5.10. The number of nitrogens with two attached hydrogens (primary N) is 1. The predicted molar refractivity (Wildman–Crippen MR) is 51.6 cm³/mol. The lowest BCUT2D eigenvalue weighted by Crippen LogP contribution is -2.52. The van der Waals surface area contributed by atoms with Gasteiger partial charge in [-0.25, -0.2) is 4.99 Å². The van der Waals surface area contributed by atoms with Gasteiger partial charge in [0.1, 0.15) is 5.60 Å². The molecule has 13 heavy (non-hydrogen) atoms. The van der Waals surface area contributed by atoms with Gasteiger partial charge in [0.25, 0.3) is 6.02 Å². The first-order valence-electron chi connectivity index (χ1n) is 4.80. The Morgan fingerprint density at radius 3 is 3.00 bits per heavy atom. The number of hydrogen-bond acceptors (Lipinski definition) is 4. The SMILES string of the molecule is CC1CN(C)CCC12CN=C(N)O2. The second-order valence-corrected chi connectivity index (χ2v) is 4.23. The van der Waals surface area contributed by atoms with Gasteiger partial charge < -0.3 is 15.4 Å². The van der Waals surface area contributed by atoms with Crippen LogP contribution >= 0.6 is 0 Å². The van der Waals surface area contributed by atoms with E-state index in [1.54, 1.807) is 0 Å². The smallest absolute Gasteiger partial charge is 0.282 e. The largest absolute Gasteiger partial charge is 0.456 e. The van der Waals surface area contributed by atoms with Gasteiger partial charge in [0.2, 0.25) is 0 Å². The number of hydrogen-bond donors (Lipinski definition) is 1. The van der Waals surface area contributed by atoms with Crippen LogP contribution in [0.15, 0.2) is 4.99 Å². The Morgan fingerprint density at radius 2 is 2.46 bits per heavy atom. The fourth-order valence-electron chi connectivity index (χ4n) is 2.22. The summed E-state index contributed by atoms with van der Waals surface area (Å²) in [5.74, 6) is 0.510. The Bertz CT molecular complexity index is 241. The molecule has 0 aliphatic carbocycles. The molecule has 0 aromatic heterocycles. The molecule has 2 atom stereocenters. The van der Waals surface area contributed by atoms with Crippen molar-refractivity contribution < 1.29 is 4.74 Å². The third kappa shape index (κ3) is 1.39. The molecule has 74 valence electrons. The lowest BCUT2D eigenvalue weighted by molar-refractivity contribution is -0.0264. The molecule has 0 aromatic carbocycles. The van der Waals surface area contributed by atoms with E-state index in [2.05, 4.69) is 23.9 Å². The van der Waals surface area contributed by atoms with Crippen LogP contribution < -0.4 is 5.73 Å². The Kier molecular flexibility index (Phi) is 1.95. The third-order valence-electron chi connectivity index (χ3n) is 3.21. The summed E-state index contributed by atoms with van der Waals surface area (Å²) < 4.78 is 5.65. The number of piperidine rings is 1. The highest BCUT2D eigenvalue weighted by atomic mass is 16.5. The quantitative estimate of drug-likeness (QED) is 0.577. The molecular weight excluding hydrogens is 166 g/mol. The van der Waals surface area contributed by atoms with Gasteiger partial charge >= 0.3 is 0 Å². The topological polar surface area (TPSA) is 50.8 Å². The van der Waals surface area contributed by atoms with Crippen molar-refractivity contribution >= 4 is 6.02 Å². The van der Waals surface area contributed by atoms with Crippen LogP contribution in [-0.2, 0) is 4.74 Å². The zero-order valence-corrected chi connectivity index (χ0v) is 8.29. The summed E-state index contributed by atoms with van der Waals surface area (Å²) in [7, 11) is 2.14. The molecule has 0 bridgehead atoms. The predicted octanol–water partition coefficient (Wildman–Crippen LogP) is 0.0417. The molecule has 2 N–H and O–H groups in total. The number of ether oxygens (including phenoxy) is 1. The maximum absolute atomic E-state index is 5.65. The second kappa shape index (κ2) is 2.87. The molecule has 2 rings (SSSR count). The first-order chi connectivity index (χ1) is 6.12. The molecule has 2 aliphatic heterocycles. The summed E-state index contributed by atoms with van der Waals surface area (Å²) in [4.78, 5) is 6.47. The fraction of sp³-hybridized carbons (Fsp3) is 0.889. The van der Waals surface area contributed by atoms with Crippen LogP contribution in [0.5, 0.6) is 0 Å². The van der Waals surface area contributed by atoms with Gasteiger partial charge in [-0.15, -0.1) is 0 Å².